The highest BCUT2D eigenvalue weighted by molar-refractivity contribution is 5.77. The van der Waals surface area contributed by atoms with Crippen LogP contribution < -0.4 is 5.56 Å². The molecule has 0 bridgehead atoms. The molecule has 6 heteroatoms. The van der Waals surface area contributed by atoms with Gasteiger partial charge in [-0.05, 0) is 23.8 Å². The molecule has 6 nitrogen and oxygen atoms in total. The Morgan fingerprint density at radius 1 is 1.17 bits per heavy atom. The molecule has 1 aromatic carbocycles. The Balaban J connectivity index is 1.91. The largest absolute Gasteiger partial charge is 0.395 e. The molecule has 0 spiro atoms. The van der Waals surface area contributed by atoms with Crippen LogP contribution >= 0.6 is 0 Å². The van der Waals surface area contributed by atoms with E-state index in [2.05, 4.69) is 9.97 Å². The van der Waals surface area contributed by atoms with Crippen molar-refractivity contribution in [1.29, 1.82) is 0 Å². The Kier molecular flexibility index (Phi) is 4.98. The predicted octanol–water partition coefficient (Wildman–Crippen LogP) is 1.32. The van der Waals surface area contributed by atoms with Crippen molar-refractivity contribution in [3.8, 4) is 0 Å². The number of fused-ring (bicyclic) bond motifs is 1. The fourth-order valence-electron chi connectivity index (χ4n) is 2.71. The van der Waals surface area contributed by atoms with Crippen molar-refractivity contribution in [2.75, 3.05) is 13.2 Å². The van der Waals surface area contributed by atoms with Gasteiger partial charge in [-0.3, -0.25) is 19.2 Å². The molecule has 2 aromatic heterocycles. The maximum absolute atomic E-state index is 12.5. The van der Waals surface area contributed by atoms with E-state index in [1.165, 1.54) is 0 Å². The average molecular weight is 324 g/mol. The van der Waals surface area contributed by atoms with E-state index in [1.807, 2.05) is 35.2 Å². The van der Waals surface area contributed by atoms with E-state index in [1.54, 1.807) is 30.1 Å². The second-order valence-corrected chi connectivity index (χ2v) is 5.70. The number of rotatable bonds is 6. The number of aliphatic hydroxyl groups excluding tert-OH is 1. The van der Waals surface area contributed by atoms with Gasteiger partial charge in [0, 0.05) is 32.5 Å². The molecule has 0 unspecified atom stereocenters. The van der Waals surface area contributed by atoms with E-state index >= 15 is 0 Å². The van der Waals surface area contributed by atoms with E-state index < -0.39 is 0 Å². The Bertz CT molecular complexity index is 877. The Morgan fingerprint density at radius 3 is 2.75 bits per heavy atom. The third kappa shape index (κ3) is 3.50. The van der Waals surface area contributed by atoms with Gasteiger partial charge in [-0.1, -0.05) is 18.2 Å². The second kappa shape index (κ2) is 7.33. The van der Waals surface area contributed by atoms with Gasteiger partial charge in [0.05, 0.1) is 24.1 Å². The van der Waals surface area contributed by atoms with Gasteiger partial charge in [-0.2, -0.15) is 0 Å². The van der Waals surface area contributed by atoms with Crippen molar-refractivity contribution in [1.82, 2.24) is 19.4 Å². The zero-order chi connectivity index (χ0) is 16.9. The Labute approximate surface area is 140 Å². The molecule has 0 aliphatic heterocycles. The van der Waals surface area contributed by atoms with Crippen molar-refractivity contribution >= 4 is 10.9 Å². The van der Waals surface area contributed by atoms with E-state index in [0.717, 1.165) is 5.56 Å². The summed E-state index contributed by atoms with van der Waals surface area (Å²) in [6, 6.07) is 11.2. The number of nitrogens with zero attached hydrogens (tertiary/aromatic N) is 4. The minimum Gasteiger partial charge on any atom is -0.395 e. The molecule has 0 fully saturated rings. The number of hydrogen-bond donors (Lipinski definition) is 1. The molecule has 2 heterocycles. The fraction of sp³-hybridized carbons (Fsp3) is 0.278. The lowest BCUT2D eigenvalue weighted by Crippen LogP contribution is -2.31. The maximum atomic E-state index is 12.5. The van der Waals surface area contributed by atoms with Crippen LogP contribution in [-0.2, 0) is 20.1 Å². The number of para-hydroxylation sites is 1. The highest BCUT2D eigenvalue weighted by atomic mass is 16.3. The van der Waals surface area contributed by atoms with Crippen LogP contribution in [0, 0.1) is 0 Å². The van der Waals surface area contributed by atoms with Crippen molar-refractivity contribution in [3.63, 3.8) is 0 Å². The van der Waals surface area contributed by atoms with Gasteiger partial charge in [-0.15, -0.1) is 0 Å². The molecular formula is C18H20N4O2. The second-order valence-electron chi connectivity index (χ2n) is 5.70. The molecule has 24 heavy (non-hydrogen) atoms. The van der Waals surface area contributed by atoms with Crippen LogP contribution in [0.4, 0.5) is 0 Å². The summed E-state index contributed by atoms with van der Waals surface area (Å²) in [5, 5.41) is 9.96. The summed E-state index contributed by atoms with van der Waals surface area (Å²) >= 11 is 0. The van der Waals surface area contributed by atoms with Crippen LogP contribution in [0.5, 0.6) is 0 Å². The van der Waals surface area contributed by atoms with E-state index in [0.29, 0.717) is 36.4 Å². The van der Waals surface area contributed by atoms with E-state index in [9.17, 15) is 9.90 Å². The molecular weight excluding hydrogens is 304 g/mol. The monoisotopic (exact) mass is 324 g/mol. The number of aromatic nitrogens is 3. The lowest BCUT2D eigenvalue weighted by molar-refractivity contribution is 0.179. The van der Waals surface area contributed by atoms with Crippen molar-refractivity contribution < 1.29 is 5.11 Å². The molecule has 0 amide bonds. The van der Waals surface area contributed by atoms with Crippen LogP contribution in [0.2, 0.25) is 0 Å². The summed E-state index contributed by atoms with van der Waals surface area (Å²) in [5.74, 6) is 0.677. The zero-order valence-corrected chi connectivity index (χ0v) is 13.6. The fourth-order valence-corrected chi connectivity index (χ4v) is 2.71. The van der Waals surface area contributed by atoms with Gasteiger partial charge < -0.3 is 5.11 Å². The molecule has 0 saturated carbocycles. The molecule has 0 aliphatic carbocycles. The lowest BCUT2D eigenvalue weighted by Gasteiger charge is -2.22. The summed E-state index contributed by atoms with van der Waals surface area (Å²) in [4.78, 5) is 23.3. The molecule has 0 saturated heterocycles. The normalized spacial score (nSPS) is 11.3. The topological polar surface area (TPSA) is 71.2 Å². The first-order valence-corrected chi connectivity index (χ1v) is 7.86. The van der Waals surface area contributed by atoms with Crippen LogP contribution in [0.1, 0.15) is 11.4 Å². The Hall–Kier alpha value is -2.57. The van der Waals surface area contributed by atoms with Crippen LogP contribution in [-0.4, -0.2) is 37.7 Å². The van der Waals surface area contributed by atoms with E-state index in [4.69, 9.17) is 0 Å². The molecule has 3 aromatic rings. The lowest BCUT2D eigenvalue weighted by atomic mass is 10.2. The minimum atomic E-state index is -0.0547. The molecule has 124 valence electrons. The first-order chi connectivity index (χ1) is 11.7. The number of benzene rings is 1. The molecule has 0 radical (unpaired) electrons. The predicted molar refractivity (Wildman–Crippen MR) is 92.4 cm³/mol. The van der Waals surface area contributed by atoms with Crippen molar-refractivity contribution in [3.05, 3.63) is 70.5 Å². The average Bonchev–Trinajstić information content (AvgIpc) is 2.60. The number of aliphatic hydroxyl groups is 1. The SMILES string of the molecule is Cn1c(CN(CCO)Cc2cccnc2)nc2ccccc2c1=O. The van der Waals surface area contributed by atoms with Gasteiger partial charge in [0.15, 0.2) is 0 Å². The van der Waals surface area contributed by atoms with Gasteiger partial charge in [0.1, 0.15) is 5.82 Å². The molecule has 0 aliphatic rings. The van der Waals surface area contributed by atoms with Gasteiger partial charge in [0.2, 0.25) is 0 Å². The third-order valence-corrected chi connectivity index (χ3v) is 3.99. The highest BCUT2D eigenvalue weighted by Gasteiger charge is 2.13. The molecule has 1 N–H and O–H groups in total. The summed E-state index contributed by atoms with van der Waals surface area (Å²) in [7, 11) is 1.73. The van der Waals surface area contributed by atoms with Gasteiger partial charge in [0.25, 0.3) is 5.56 Å². The van der Waals surface area contributed by atoms with Crippen LogP contribution in [0.3, 0.4) is 0 Å². The van der Waals surface area contributed by atoms with Gasteiger partial charge in [-0.25, -0.2) is 4.98 Å². The first kappa shape index (κ1) is 16.3. The minimum absolute atomic E-state index is 0.0434. The standard InChI is InChI=1S/C18H20N4O2/c1-21-17(20-16-7-3-2-6-15(16)18(21)24)13-22(9-10-23)12-14-5-4-8-19-11-14/h2-8,11,23H,9-10,12-13H2,1H3. The summed E-state index contributed by atoms with van der Waals surface area (Å²) in [6.45, 7) is 1.66. The van der Waals surface area contributed by atoms with Crippen LogP contribution in [0.25, 0.3) is 10.9 Å². The first-order valence-electron chi connectivity index (χ1n) is 7.86. The number of pyridine rings is 1. The molecule has 3 rings (SSSR count). The Morgan fingerprint density at radius 2 is 2.00 bits per heavy atom. The van der Waals surface area contributed by atoms with Crippen LogP contribution in [0.15, 0.2) is 53.6 Å². The summed E-state index contributed by atoms with van der Waals surface area (Å²) in [6.07, 6.45) is 3.53. The smallest absolute Gasteiger partial charge is 0.261 e. The quantitative estimate of drug-likeness (QED) is 0.740. The van der Waals surface area contributed by atoms with Crippen molar-refractivity contribution in [2.24, 2.45) is 7.05 Å². The summed E-state index contributed by atoms with van der Waals surface area (Å²) < 4.78 is 1.58. The van der Waals surface area contributed by atoms with Crippen molar-refractivity contribution in [2.45, 2.75) is 13.1 Å². The zero-order valence-electron chi connectivity index (χ0n) is 13.6. The summed E-state index contributed by atoms with van der Waals surface area (Å²) in [5.41, 5.74) is 1.69. The third-order valence-electron chi connectivity index (χ3n) is 3.99. The van der Waals surface area contributed by atoms with Gasteiger partial charge >= 0.3 is 0 Å². The highest BCUT2D eigenvalue weighted by Crippen LogP contribution is 2.11. The molecule has 0 atom stereocenters. The number of hydrogen-bond acceptors (Lipinski definition) is 5. The van der Waals surface area contributed by atoms with E-state index in [-0.39, 0.29) is 12.2 Å². The maximum Gasteiger partial charge on any atom is 0.261 e.